The molecule has 18 heavy (non-hydrogen) atoms. The molecule has 0 aliphatic heterocycles. The molecule has 0 radical (unpaired) electrons. The van der Waals surface area contributed by atoms with E-state index in [9.17, 15) is 9.18 Å². The van der Waals surface area contributed by atoms with Gasteiger partial charge in [0.1, 0.15) is 5.82 Å². The summed E-state index contributed by atoms with van der Waals surface area (Å²) in [6.07, 6.45) is 0. The standard InChI is InChI=1S/C12H8Br2FNOS/c13-8-3-7(4-9(15)5-8)12(17)16-6-11-10(14)1-2-18-11/h1-5H,6H2,(H,16,17). The van der Waals surface area contributed by atoms with E-state index < -0.39 is 5.82 Å². The molecule has 1 amide bonds. The van der Waals surface area contributed by atoms with E-state index in [2.05, 4.69) is 37.2 Å². The van der Waals surface area contributed by atoms with Gasteiger partial charge in [-0.25, -0.2) is 4.39 Å². The van der Waals surface area contributed by atoms with Crippen LogP contribution in [0.1, 0.15) is 15.2 Å². The Morgan fingerprint density at radius 3 is 2.72 bits per heavy atom. The van der Waals surface area contributed by atoms with Crippen molar-refractivity contribution in [2.45, 2.75) is 6.54 Å². The monoisotopic (exact) mass is 391 g/mol. The third kappa shape index (κ3) is 3.40. The van der Waals surface area contributed by atoms with Crippen LogP contribution >= 0.6 is 43.2 Å². The number of thiophene rings is 1. The number of carbonyl (C=O) groups is 1. The van der Waals surface area contributed by atoms with Crippen molar-refractivity contribution in [3.05, 3.63) is 54.8 Å². The molecule has 2 aromatic rings. The minimum Gasteiger partial charge on any atom is -0.347 e. The Morgan fingerprint density at radius 1 is 1.33 bits per heavy atom. The number of halogens is 3. The van der Waals surface area contributed by atoms with E-state index >= 15 is 0 Å². The molecular weight excluding hydrogens is 385 g/mol. The highest BCUT2D eigenvalue weighted by Gasteiger charge is 2.09. The van der Waals surface area contributed by atoms with Gasteiger partial charge in [-0.3, -0.25) is 4.79 Å². The van der Waals surface area contributed by atoms with Crippen molar-refractivity contribution in [1.29, 1.82) is 0 Å². The fraction of sp³-hybridized carbons (Fsp3) is 0.0833. The Kier molecular flexibility index (Phi) is 4.53. The van der Waals surface area contributed by atoms with Crippen LogP contribution in [0.4, 0.5) is 4.39 Å². The van der Waals surface area contributed by atoms with E-state index in [0.29, 0.717) is 16.6 Å². The third-order valence-corrected chi connectivity index (χ3v) is 4.61. The van der Waals surface area contributed by atoms with Gasteiger partial charge in [-0.05, 0) is 45.6 Å². The molecule has 0 aliphatic carbocycles. The molecule has 0 saturated carbocycles. The number of benzene rings is 1. The molecule has 0 unspecified atom stereocenters. The van der Waals surface area contributed by atoms with E-state index in [1.165, 1.54) is 12.1 Å². The first-order valence-electron chi connectivity index (χ1n) is 5.02. The van der Waals surface area contributed by atoms with E-state index in [-0.39, 0.29) is 5.91 Å². The van der Waals surface area contributed by atoms with Crippen molar-refractivity contribution in [1.82, 2.24) is 5.32 Å². The van der Waals surface area contributed by atoms with E-state index in [0.717, 1.165) is 9.35 Å². The summed E-state index contributed by atoms with van der Waals surface area (Å²) < 4.78 is 14.7. The predicted molar refractivity (Wildman–Crippen MR) is 77.3 cm³/mol. The van der Waals surface area contributed by atoms with Gasteiger partial charge < -0.3 is 5.32 Å². The first-order valence-corrected chi connectivity index (χ1v) is 7.49. The third-order valence-electron chi connectivity index (χ3n) is 2.23. The van der Waals surface area contributed by atoms with Crippen LogP contribution in [-0.2, 0) is 6.54 Å². The number of rotatable bonds is 3. The molecule has 0 bridgehead atoms. The highest BCUT2D eigenvalue weighted by molar-refractivity contribution is 9.10. The number of carbonyl (C=O) groups excluding carboxylic acids is 1. The van der Waals surface area contributed by atoms with Gasteiger partial charge in [-0.1, -0.05) is 15.9 Å². The molecule has 1 heterocycles. The van der Waals surface area contributed by atoms with Crippen molar-refractivity contribution in [3.8, 4) is 0 Å². The maximum absolute atomic E-state index is 13.2. The molecule has 0 atom stereocenters. The lowest BCUT2D eigenvalue weighted by molar-refractivity contribution is 0.0950. The van der Waals surface area contributed by atoms with Crippen LogP contribution in [0.5, 0.6) is 0 Å². The van der Waals surface area contributed by atoms with Crippen LogP contribution in [0.15, 0.2) is 38.6 Å². The fourth-order valence-electron chi connectivity index (χ4n) is 1.40. The van der Waals surface area contributed by atoms with Crippen LogP contribution in [0.25, 0.3) is 0 Å². The minimum absolute atomic E-state index is 0.296. The Balaban J connectivity index is 2.06. The zero-order valence-corrected chi connectivity index (χ0v) is 13.0. The second-order valence-electron chi connectivity index (χ2n) is 3.53. The molecular formula is C12H8Br2FNOS. The summed E-state index contributed by atoms with van der Waals surface area (Å²) in [5, 5.41) is 4.69. The highest BCUT2D eigenvalue weighted by atomic mass is 79.9. The largest absolute Gasteiger partial charge is 0.347 e. The summed E-state index contributed by atoms with van der Waals surface area (Å²) in [4.78, 5) is 12.9. The zero-order chi connectivity index (χ0) is 13.1. The van der Waals surface area contributed by atoms with Crippen molar-refractivity contribution < 1.29 is 9.18 Å². The molecule has 0 saturated heterocycles. The van der Waals surface area contributed by atoms with Gasteiger partial charge in [0.25, 0.3) is 5.91 Å². The van der Waals surface area contributed by atoms with Gasteiger partial charge in [-0.15, -0.1) is 11.3 Å². The highest BCUT2D eigenvalue weighted by Crippen LogP contribution is 2.22. The number of nitrogens with one attached hydrogen (secondary N) is 1. The number of hydrogen-bond donors (Lipinski definition) is 1. The van der Waals surface area contributed by atoms with Crippen molar-refractivity contribution in [2.24, 2.45) is 0 Å². The maximum Gasteiger partial charge on any atom is 0.251 e. The topological polar surface area (TPSA) is 29.1 Å². The van der Waals surface area contributed by atoms with Gasteiger partial charge >= 0.3 is 0 Å². The van der Waals surface area contributed by atoms with Crippen LogP contribution in [0.2, 0.25) is 0 Å². The summed E-state index contributed by atoms with van der Waals surface area (Å²) in [5.74, 6) is -0.734. The lowest BCUT2D eigenvalue weighted by Gasteiger charge is -2.05. The first-order chi connectivity index (χ1) is 8.56. The van der Waals surface area contributed by atoms with Gasteiger partial charge in [0.05, 0.1) is 6.54 Å². The molecule has 1 N–H and O–H groups in total. The fourth-order valence-corrected chi connectivity index (χ4v) is 3.30. The Bertz CT molecular complexity index is 565. The smallest absolute Gasteiger partial charge is 0.251 e. The average Bonchev–Trinajstić information content (AvgIpc) is 2.70. The Hall–Kier alpha value is -0.720. The molecule has 0 fully saturated rings. The molecule has 1 aromatic heterocycles. The van der Waals surface area contributed by atoms with Crippen molar-refractivity contribution in [3.63, 3.8) is 0 Å². The van der Waals surface area contributed by atoms with E-state index in [4.69, 9.17) is 0 Å². The normalized spacial score (nSPS) is 10.4. The molecule has 6 heteroatoms. The Morgan fingerprint density at radius 2 is 2.11 bits per heavy atom. The summed E-state index contributed by atoms with van der Waals surface area (Å²) in [7, 11) is 0. The van der Waals surface area contributed by atoms with Crippen LogP contribution < -0.4 is 5.32 Å². The minimum atomic E-state index is -0.438. The summed E-state index contributed by atoms with van der Waals surface area (Å²) in [5.41, 5.74) is 0.301. The molecule has 1 aromatic carbocycles. The summed E-state index contributed by atoms with van der Waals surface area (Å²) >= 11 is 8.09. The SMILES string of the molecule is O=C(NCc1sccc1Br)c1cc(F)cc(Br)c1. The number of hydrogen-bond acceptors (Lipinski definition) is 2. The second kappa shape index (κ2) is 5.95. The van der Waals surface area contributed by atoms with Crippen LogP contribution in [0, 0.1) is 5.82 Å². The molecule has 94 valence electrons. The van der Waals surface area contributed by atoms with E-state index in [1.54, 1.807) is 17.4 Å². The predicted octanol–water partition coefficient (Wildman–Crippen LogP) is 4.34. The molecule has 0 spiro atoms. The second-order valence-corrected chi connectivity index (χ2v) is 6.30. The lowest BCUT2D eigenvalue weighted by Crippen LogP contribution is -2.22. The van der Waals surface area contributed by atoms with Crippen molar-refractivity contribution >= 4 is 49.1 Å². The number of amides is 1. The van der Waals surface area contributed by atoms with Gasteiger partial charge in [0.2, 0.25) is 0 Å². The lowest BCUT2D eigenvalue weighted by atomic mass is 10.2. The van der Waals surface area contributed by atoms with Crippen LogP contribution in [-0.4, -0.2) is 5.91 Å². The van der Waals surface area contributed by atoms with E-state index in [1.807, 2.05) is 11.4 Å². The molecule has 2 nitrogen and oxygen atoms in total. The quantitative estimate of drug-likeness (QED) is 0.826. The average molecular weight is 393 g/mol. The summed E-state index contributed by atoms with van der Waals surface area (Å²) in [6.45, 7) is 0.422. The first kappa shape index (κ1) is 13.7. The van der Waals surface area contributed by atoms with Gasteiger partial charge in [0.15, 0.2) is 0 Å². The molecule has 0 aliphatic rings. The molecule has 2 rings (SSSR count). The van der Waals surface area contributed by atoms with Gasteiger partial charge in [0, 0.05) is 19.4 Å². The van der Waals surface area contributed by atoms with Crippen LogP contribution in [0.3, 0.4) is 0 Å². The summed E-state index contributed by atoms with van der Waals surface area (Å²) in [6, 6.07) is 6.03. The maximum atomic E-state index is 13.2. The Labute approximate surface area is 124 Å². The zero-order valence-electron chi connectivity index (χ0n) is 9.04. The van der Waals surface area contributed by atoms with Crippen molar-refractivity contribution in [2.75, 3.05) is 0 Å². The van der Waals surface area contributed by atoms with Gasteiger partial charge in [-0.2, -0.15) is 0 Å².